The molecule has 2 nitrogen and oxygen atoms in total. The highest BCUT2D eigenvalue weighted by molar-refractivity contribution is 9.10. The van der Waals surface area contributed by atoms with Crippen LogP contribution in [-0.4, -0.2) is 18.0 Å². The van der Waals surface area contributed by atoms with Gasteiger partial charge in [-0.25, -0.2) is 0 Å². The van der Waals surface area contributed by atoms with E-state index in [4.69, 9.17) is 0 Å². The maximum Gasteiger partial charge on any atom is 0.0845 e. The van der Waals surface area contributed by atoms with Gasteiger partial charge in [0.05, 0.1) is 11.5 Å². The first-order valence-corrected chi connectivity index (χ1v) is 10.2. The minimum atomic E-state index is -0.424. The van der Waals surface area contributed by atoms with Gasteiger partial charge in [-0.05, 0) is 55.1 Å². The zero-order valence-electron chi connectivity index (χ0n) is 16.1. The molecule has 0 bridgehead atoms. The van der Waals surface area contributed by atoms with Gasteiger partial charge in [0.15, 0.2) is 0 Å². The molecule has 2 aromatic rings. The Balaban J connectivity index is 2.05. The zero-order valence-corrected chi connectivity index (χ0v) is 17.7. The summed E-state index contributed by atoms with van der Waals surface area (Å²) in [6.07, 6.45) is 1.90. The molecule has 0 N–H and O–H groups in total. The number of rotatable bonds is 9. The average Bonchev–Trinajstić information content (AvgIpc) is 2.66. The minimum Gasteiger partial charge on any atom is -0.299 e. The summed E-state index contributed by atoms with van der Waals surface area (Å²) in [5, 5.41) is 10.1. The number of benzene rings is 2. The van der Waals surface area contributed by atoms with Gasteiger partial charge < -0.3 is 0 Å². The molecule has 0 aliphatic rings. The standard InChI is InChI=1S/C23H29BrN2/c1-4-26(17-20-9-6-5-7-10-20)16-8-15-23(18-25,19(2)3)21-11-13-22(24)14-12-21/h5-7,9-14,19H,4,8,15-17H2,1-3H3. The lowest BCUT2D eigenvalue weighted by Crippen LogP contribution is -2.32. The summed E-state index contributed by atoms with van der Waals surface area (Å²) >= 11 is 3.49. The van der Waals surface area contributed by atoms with Crippen molar-refractivity contribution in [2.45, 2.75) is 45.6 Å². The van der Waals surface area contributed by atoms with Crippen molar-refractivity contribution in [1.82, 2.24) is 4.90 Å². The van der Waals surface area contributed by atoms with E-state index in [2.05, 4.69) is 90.1 Å². The van der Waals surface area contributed by atoms with E-state index in [1.165, 1.54) is 5.56 Å². The Kier molecular flexibility index (Phi) is 7.87. The zero-order chi connectivity index (χ0) is 19.0. The van der Waals surface area contributed by atoms with Crippen LogP contribution in [0.1, 0.15) is 44.7 Å². The van der Waals surface area contributed by atoms with Crippen LogP contribution < -0.4 is 0 Å². The second-order valence-corrected chi connectivity index (χ2v) is 8.12. The minimum absolute atomic E-state index is 0.276. The lowest BCUT2D eigenvalue weighted by Gasteiger charge is -2.32. The van der Waals surface area contributed by atoms with Gasteiger partial charge in [0.25, 0.3) is 0 Å². The van der Waals surface area contributed by atoms with Gasteiger partial charge in [-0.3, -0.25) is 4.90 Å². The average molecular weight is 413 g/mol. The maximum absolute atomic E-state index is 10.1. The predicted octanol–water partition coefficient (Wildman–Crippen LogP) is 6.17. The Morgan fingerprint density at radius 3 is 2.27 bits per heavy atom. The summed E-state index contributed by atoms with van der Waals surface area (Å²) in [5.41, 5.74) is 2.05. The lowest BCUT2D eigenvalue weighted by atomic mass is 9.70. The number of hydrogen-bond acceptors (Lipinski definition) is 2. The maximum atomic E-state index is 10.1. The molecule has 0 amide bonds. The molecule has 2 rings (SSSR count). The molecule has 0 radical (unpaired) electrons. The van der Waals surface area contributed by atoms with Crippen molar-refractivity contribution in [1.29, 1.82) is 5.26 Å². The highest BCUT2D eigenvalue weighted by Crippen LogP contribution is 2.37. The van der Waals surface area contributed by atoms with Gasteiger partial charge in [0.1, 0.15) is 0 Å². The molecular weight excluding hydrogens is 384 g/mol. The Labute approximate surface area is 167 Å². The molecule has 0 fully saturated rings. The second-order valence-electron chi connectivity index (χ2n) is 7.20. The third-order valence-electron chi connectivity index (χ3n) is 5.29. The van der Waals surface area contributed by atoms with Crippen LogP contribution in [0.4, 0.5) is 0 Å². The van der Waals surface area contributed by atoms with Crippen LogP contribution in [0.5, 0.6) is 0 Å². The molecule has 0 heterocycles. The van der Waals surface area contributed by atoms with Crippen molar-refractivity contribution >= 4 is 15.9 Å². The van der Waals surface area contributed by atoms with Gasteiger partial charge in [-0.2, -0.15) is 5.26 Å². The smallest absolute Gasteiger partial charge is 0.0845 e. The number of hydrogen-bond donors (Lipinski definition) is 0. The third-order valence-corrected chi connectivity index (χ3v) is 5.81. The van der Waals surface area contributed by atoms with E-state index >= 15 is 0 Å². The van der Waals surface area contributed by atoms with Crippen LogP contribution in [0.25, 0.3) is 0 Å². The topological polar surface area (TPSA) is 27.0 Å². The summed E-state index contributed by atoms with van der Waals surface area (Å²) in [5.74, 6) is 0.276. The summed E-state index contributed by atoms with van der Waals surface area (Å²) in [4.78, 5) is 2.46. The Bertz CT molecular complexity index is 703. The Morgan fingerprint density at radius 1 is 1.08 bits per heavy atom. The quantitative estimate of drug-likeness (QED) is 0.492. The van der Waals surface area contributed by atoms with Gasteiger partial charge in [-0.1, -0.05) is 79.2 Å². The Morgan fingerprint density at radius 2 is 1.73 bits per heavy atom. The first-order valence-electron chi connectivity index (χ1n) is 9.45. The van der Waals surface area contributed by atoms with Crippen molar-refractivity contribution in [2.24, 2.45) is 5.92 Å². The Hall–Kier alpha value is -1.63. The number of nitriles is 1. The number of halogens is 1. The van der Waals surface area contributed by atoms with Crippen molar-refractivity contribution < 1.29 is 0 Å². The molecule has 1 atom stereocenters. The highest BCUT2D eigenvalue weighted by atomic mass is 79.9. The molecule has 2 aromatic carbocycles. The molecule has 26 heavy (non-hydrogen) atoms. The van der Waals surface area contributed by atoms with Crippen LogP contribution >= 0.6 is 15.9 Å². The van der Waals surface area contributed by atoms with Crippen LogP contribution in [0, 0.1) is 17.2 Å². The van der Waals surface area contributed by atoms with E-state index < -0.39 is 5.41 Å². The van der Waals surface area contributed by atoms with Crippen molar-refractivity contribution in [3.8, 4) is 6.07 Å². The predicted molar refractivity (Wildman–Crippen MR) is 113 cm³/mol. The van der Waals surface area contributed by atoms with E-state index in [1.54, 1.807) is 0 Å². The molecule has 138 valence electrons. The van der Waals surface area contributed by atoms with E-state index in [-0.39, 0.29) is 5.92 Å². The molecule has 3 heteroatoms. The molecule has 0 saturated heterocycles. The SMILES string of the molecule is CCN(CCCC(C#N)(c1ccc(Br)cc1)C(C)C)Cc1ccccc1. The lowest BCUT2D eigenvalue weighted by molar-refractivity contribution is 0.255. The van der Waals surface area contributed by atoms with Gasteiger partial charge in [0.2, 0.25) is 0 Å². The van der Waals surface area contributed by atoms with E-state index in [0.29, 0.717) is 0 Å². The molecular formula is C23H29BrN2. The fourth-order valence-electron chi connectivity index (χ4n) is 3.54. The third kappa shape index (κ3) is 5.19. The fraction of sp³-hybridized carbons (Fsp3) is 0.435. The monoisotopic (exact) mass is 412 g/mol. The van der Waals surface area contributed by atoms with Crippen LogP contribution in [0.15, 0.2) is 59.1 Å². The van der Waals surface area contributed by atoms with Crippen molar-refractivity contribution in [3.63, 3.8) is 0 Å². The van der Waals surface area contributed by atoms with Gasteiger partial charge in [0, 0.05) is 11.0 Å². The molecule has 0 spiro atoms. The van der Waals surface area contributed by atoms with Gasteiger partial charge >= 0.3 is 0 Å². The van der Waals surface area contributed by atoms with E-state index in [9.17, 15) is 5.26 Å². The summed E-state index contributed by atoms with van der Waals surface area (Å²) in [6, 6.07) is 21.5. The first kappa shape index (κ1) is 20.7. The fourth-order valence-corrected chi connectivity index (χ4v) is 3.80. The van der Waals surface area contributed by atoms with Crippen molar-refractivity contribution in [3.05, 3.63) is 70.2 Å². The molecule has 0 saturated carbocycles. The van der Waals surface area contributed by atoms with Crippen molar-refractivity contribution in [2.75, 3.05) is 13.1 Å². The number of nitrogens with zero attached hydrogens (tertiary/aromatic N) is 2. The summed E-state index contributed by atoms with van der Waals surface area (Å²) < 4.78 is 1.05. The molecule has 1 unspecified atom stereocenters. The van der Waals surface area contributed by atoms with E-state index in [1.807, 2.05) is 12.1 Å². The summed E-state index contributed by atoms with van der Waals surface area (Å²) in [7, 11) is 0. The largest absolute Gasteiger partial charge is 0.299 e. The highest BCUT2D eigenvalue weighted by Gasteiger charge is 2.35. The molecule has 0 aromatic heterocycles. The molecule has 0 aliphatic heterocycles. The normalized spacial score (nSPS) is 13.6. The molecule has 0 aliphatic carbocycles. The summed E-state index contributed by atoms with van der Waals surface area (Å²) in [6.45, 7) is 9.53. The van der Waals surface area contributed by atoms with Gasteiger partial charge in [-0.15, -0.1) is 0 Å². The van der Waals surface area contributed by atoms with Crippen LogP contribution in [-0.2, 0) is 12.0 Å². The second kappa shape index (κ2) is 9.90. The van der Waals surface area contributed by atoms with Crippen LogP contribution in [0.3, 0.4) is 0 Å². The van der Waals surface area contributed by atoms with Crippen LogP contribution in [0.2, 0.25) is 0 Å². The first-order chi connectivity index (χ1) is 12.5. The van der Waals surface area contributed by atoms with E-state index in [0.717, 1.165) is 42.5 Å².